The molecule has 0 aliphatic rings. The van der Waals surface area contributed by atoms with Crippen molar-refractivity contribution < 1.29 is 9.53 Å². The first-order valence-electron chi connectivity index (χ1n) is 7.95. The van der Waals surface area contributed by atoms with Crippen LogP contribution in [0.5, 0.6) is 0 Å². The lowest BCUT2D eigenvalue weighted by Gasteiger charge is -2.05. The van der Waals surface area contributed by atoms with E-state index in [9.17, 15) is 4.79 Å². The first-order chi connectivity index (χ1) is 11.7. The smallest absolute Gasteiger partial charge is 0.253 e. The number of ether oxygens (including phenoxy) is 1. The van der Waals surface area contributed by atoms with Gasteiger partial charge in [-0.25, -0.2) is 0 Å². The molecule has 2 aromatic heterocycles. The largest absolute Gasteiger partial charge is 0.380 e. The number of nitrogens with zero attached hydrogens (tertiary/aromatic N) is 2. The Bertz CT molecular complexity index is 892. The number of hydrogen-bond acceptors (Lipinski definition) is 4. The summed E-state index contributed by atoms with van der Waals surface area (Å²) >= 11 is 3.15. The molecule has 0 spiro atoms. The van der Waals surface area contributed by atoms with E-state index in [2.05, 4.69) is 34.7 Å². The molecule has 0 N–H and O–H groups in total. The second-order valence-corrected chi connectivity index (χ2v) is 7.51. The Balaban J connectivity index is 1.96. The highest BCUT2D eigenvalue weighted by Crippen LogP contribution is 2.19. The molecule has 0 aliphatic carbocycles. The van der Waals surface area contributed by atoms with Crippen LogP contribution in [-0.4, -0.2) is 23.7 Å². The molecule has 0 unspecified atom stereocenters. The van der Waals surface area contributed by atoms with Crippen molar-refractivity contribution in [2.45, 2.75) is 26.8 Å². The summed E-state index contributed by atoms with van der Waals surface area (Å²) in [6, 6.07) is 10.2. The van der Waals surface area contributed by atoms with Crippen LogP contribution in [0.25, 0.3) is 10.2 Å². The molecule has 3 aromatic rings. The van der Waals surface area contributed by atoms with Crippen molar-refractivity contribution in [3.05, 3.63) is 51.0 Å². The summed E-state index contributed by atoms with van der Waals surface area (Å²) in [6.45, 7) is 6.05. The number of amides is 1. The predicted molar refractivity (Wildman–Crippen MR) is 99.6 cm³/mol. The number of carbonyl (C=O) groups excluding carboxylic acids is 1. The van der Waals surface area contributed by atoms with E-state index in [0.29, 0.717) is 26.2 Å². The molecule has 0 aliphatic heterocycles. The summed E-state index contributed by atoms with van der Waals surface area (Å²) in [6.07, 6.45) is 0.358. The molecule has 1 amide bonds. The summed E-state index contributed by atoms with van der Waals surface area (Å²) in [5, 5.41) is 1.98. The molecule has 0 saturated heterocycles. The lowest BCUT2D eigenvalue weighted by molar-refractivity contribution is -0.117. The molecule has 0 bridgehead atoms. The van der Waals surface area contributed by atoms with E-state index < -0.39 is 0 Å². The van der Waals surface area contributed by atoms with Crippen molar-refractivity contribution in [2.75, 3.05) is 13.2 Å². The van der Waals surface area contributed by atoms with Crippen LogP contribution in [0.4, 0.5) is 0 Å². The molecule has 24 heavy (non-hydrogen) atoms. The van der Waals surface area contributed by atoms with Crippen LogP contribution < -0.4 is 4.80 Å². The maximum absolute atomic E-state index is 12.3. The Labute approximate surface area is 149 Å². The Morgan fingerprint density at radius 1 is 1.33 bits per heavy atom. The summed E-state index contributed by atoms with van der Waals surface area (Å²) in [5.41, 5.74) is 2.31. The van der Waals surface area contributed by atoms with E-state index in [1.165, 1.54) is 5.56 Å². The number of aryl methyl sites for hydroxylation is 1. The number of thiophene rings is 1. The topological polar surface area (TPSA) is 43.6 Å². The minimum atomic E-state index is -0.106. The molecule has 0 radical (unpaired) electrons. The highest BCUT2D eigenvalue weighted by molar-refractivity contribution is 7.16. The van der Waals surface area contributed by atoms with E-state index in [-0.39, 0.29) is 5.91 Å². The van der Waals surface area contributed by atoms with Crippen LogP contribution in [-0.2, 0) is 22.5 Å². The SMILES string of the molecule is CCOCCn1c(=NC(=O)Cc2cccs2)sc2cc(C)ccc21. The summed E-state index contributed by atoms with van der Waals surface area (Å²) in [4.78, 5) is 18.5. The van der Waals surface area contributed by atoms with Gasteiger partial charge in [0.2, 0.25) is 0 Å². The highest BCUT2D eigenvalue weighted by atomic mass is 32.1. The number of hydrogen-bond donors (Lipinski definition) is 0. The van der Waals surface area contributed by atoms with E-state index in [0.717, 1.165) is 19.9 Å². The fourth-order valence-electron chi connectivity index (χ4n) is 2.49. The number of aromatic nitrogens is 1. The van der Waals surface area contributed by atoms with Gasteiger partial charge in [-0.1, -0.05) is 23.5 Å². The minimum Gasteiger partial charge on any atom is -0.380 e. The second kappa shape index (κ2) is 7.88. The fourth-order valence-corrected chi connectivity index (χ4v) is 4.36. The Morgan fingerprint density at radius 3 is 2.96 bits per heavy atom. The van der Waals surface area contributed by atoms with Crippen molar-refractivity contribution in [3.8, 4) is 0 Å². The normalized spacial score (nSPS) is 12.2. The molecule has 126 valence electrons. The van der Waals surface area contributed by atoms with Crippen LogP contribution in [0.1, 0.15) is 17.4 Å². The summed E-state index contributed by atoms with van der Waals surface area (Å²) in [7, 11) is 0. The third-order valence-corrected chi connectivity index (χ3v) is 5.55. The third kappa shape index (κ3) is 4.01. The first-order valence-corrected chi connectivity index (χ1v) is 9.64. The Morgan fingerprint density at radius 2 is 2.21 bits per heavy atom. The van der Waals surface area contributed by atoms with E-state index >= 15 is 0 Å². The first kappa shape index (κ1) is 17.1. The minimum absolute atomic E-state index is 0.106. The molecule has 0 fully saturated rings. The predicted octanol–water partition coefficient (Wildman–Crippen LogP) is 3.78. The molecule has 2 heterocycles. The van der Waals surface area contributed by atoms with Crippen molar-refractivity contribution >= 4 is 38.8 Å². The molecule has 4 nitrogen and oxygen atoms in total. The lowest BCUT2D eigenvalue weighted by atomic mass is 10.2. The van der Waals surface area contributed by atoms with Gasteiger partial charge in [-0.2, -0.15) is 4.99 Å². The van der Waals surface area contributed by atoms with Gasteiger partial charge in [-0.05, 0) is 43.0 Å². The standard InChI is InChI=1S/C18H20N2O2S2/c1-3-22-9-8-20-15-7-6-13(2)11-16(15)24-18(20)19-17(21)12-14-5-4-10-23-14/h4-7,10-11H,3,8-9,12H2,1-2H3. The molecular weight excluding hydrogens is 340 g/mol. The number of thiazole rings is 1. The fraction of sp³-hybridized carbons (Fsp3) is 0.333. The maximum atomic E-state index is 12.3. The molecular formula is C18H20N2O2S2. The van der Waals surface area contributed by atoms with Crippen LogP contribution in [0, 0.1) is 6.92 Å². The number of rotatable bonds is 6. The average Bonchev–Trinajstić information content (AvgIpc) is 3.15. The Hall–Kier alpha value is -1.76. The van der Waals surface area contributed by atoms with Gasteiger partial charge in [0.25, 0.3) is 5.91 Å². The van der Waals surface area contributed by atoms with Crippen LogP contribution in [0.15, 0.2) is 40.7 Å². The molecule has 3 rings (SSSR count). The van der Waals surface area contributed by atoms with Gasteiger partial charge in [0.1, 0.15) is 0 Å². The number of carbonyl (C=O) groups is 1. The van der Waals surface area contributed by atoms with Crippen LogP contribution >= 0.6 is 22.7 Å². The maximum Gasteiger partial charge on any atom is 0.253 e. The highest BCUT2D eigenvalue weighted by Gasteiger charge is 2.09. The second-order valence-electron chi connectivity index (χ2n) is 5.47. The van der Waals surface area contributed by atoms with Crippen LogP contribution in [0.2, 0.25) is 0 Å². The van der Waals surface area contributed by atoms with E-state index in [1.807, 2.05) is 24.4 Å². The van der Waals surface area contributed by atoms with Gasteiger partial charge >= 0.3 is 0 Å². The quantitative estimate of drug-likeness (QED) is 0.628. The molecule has 0 saturated carbocycles. The average molecular weight is 361 g/mol. The van der Waals surface area contributed by atoms with Crippen molar-refractivity contribution in [1.29, 1.82) is 0 Å². The van der Waals surface area contributed by atoms with Gasteiger partial charge in [0.05, 0.1) is 23.2 Å². The molecule has 6 heteroatoms. The third-order valence-electron chi connectivity index (χ3n) is 3.63. The van der Waals surface area contributed by atoms with Gasteiger partial charge in [-0.15, -0.1) is 11.3 Å². The lowest BCUT2D eigenvalue weighted by Crippen LogP contribution is -2.20. The number of benzene rings is 1. The molecule has 0 atom stereocenters. The zero-order valence-corrected chi connectivity index (χ0v) is 15.5. The summed E-state index contributed by atoms with van der Waals surface area (Å²) in [5.74, 6) is -0.106. The van der Waals surface area contributed by atoms with Crippen LogP contribution in [0.3, 0.4) is 0 Å². The monoisotopic (exact) mass is 360 g/mol. The van der Waals surface area contributed by atoms with Gasteiger partial charge in [-0.3, -0.25) is 4.79 Å². The summed E-state index contributed by atoms with van der Waals surface area (Å²) < 4.78 is 8.72. The molecule has 1 aromatic carbocycles. The van der Waals surface area contributed by atoms with Gasteiger partial charge in [0, 0.05) is 18.0 Å². The van der Waals surface area contributed by atoms with E-state index in [4.69, 9.17) is 4.74 Å². The van der Waals surface area contributed by atoms with E-state index in [1.54, 1.807) is 22.7 Å². The Kier molecular flexibility index (Phi) is 5.60. The van der Waals surface area contributed by atoms with Crippen molar-refractivity contribution in [1.82, 2.24) is 4.57 Å². The zero-order valence-electron chi connectivity index (χ0n) is 13.8. The van der Waals surface area contributed by atoms with Gasteiger partial charge < -0.3 is 9.30 Å². The van der Waals surface area contributed by atoms with Crippen molar-refractivity contribution in [3.63, 3.8) is 0 Å². The number of fused-ring (bicyclic) bond motifs is 1. The zero-order chi connectivity index (χ0) is 16.9. The van der Waals surface area contributed by atoms with Crippen molar-refractivity contribution in [2.24, 2.45) is 4.99 Å². The van der Waals surface area contributed by atoms with Gasteiger partial charge in [0.15, 0.2) is 4.80 Å².